The average molecular weight is 433 g/mol. The first-order chi connectivity index (χ1) is 15.7. The molecule has 0 saturated carbocycles. The van der Waals surface area contributed by atoms with E-state index in [2.05, 4.69) is 33.7 Å². The zero-order valence-electron chi connectivity index (χ0n) is 18.3. The van der Waals surface area contributed by atoms with Crippen molar-refractivity contribution in [3.63, 3.8) is 0 Å². The minimum absolute atomic E-state index is 0.0729. The second-order valence-corrected chi connectivity index (χ2v) is 7.97. The highest BCUT2D eigenvalue weighted by molar-refractivity contribution is 5.89. The van der Waals surface area contributed by atoms with Crippen LogP contribution in [-0.4, -0.2) is 40.8 Å². The van der Waals surface area contributed by atoms with Gasteiger partial charge in [-0.15, -0.1) is 0 Å². The molecule has 1 aliphatic heterocycles. The van der Waals surface area contributed by atoms with Crippen LogP contribution < -0.4 is 10.1 Å². The number of rotatable bonds is 7. The molecule has 32 heavy (non-hydrogen) atoms. The van der Waals surface area contributed by atoms with Gasteiger partial charge in [-0.25, -0.2) is 4.79 Å². The molecule has 0 spiro atoms. The van der Waals surface area contributed by atoms with Gasteiger partial charge in [-0.1, -0.05) is 28.9 Å². The third-order valence-corrected chi connectivity index (χ3v) is 5.45. The summed E-state index contributed by atoms with van der Waals surface area (Å²) in [6, 6.07) is 11.8. The van der Waals surface area contributed by atoms with E-state index in [1.54, 1.807) is 18.7 Å². The minimum Gasteiger partial charge on any atom is -0.494 e. The van der Waals surface area contributed by atoms with E-state index in [-0.39, 0.29) is 6.03 Å². The number of piperidine rings is 1. The number of anilines is 1. The summed E-state index contributed by atoms with van der Waals surface area (Å²) < 4.78 is 10.7. The first-order valence-electron chi connectivity index (χ1n) is 10.9. The normalized spacial score (nSPS) is 13.7. The van der Waals surface area contributed by atoms with E-state index in [9.17, 15) is 4.79 Å². The molecule has 3 aromatic rings. The highest BCUT2D eigenvalue weighted by Gasteiger charge is 2.19. The van der Waals surface area contributed by atoms with E-state index in [1.165, 1.54) is 5.57 Å². The van der Waals surface area contributed by atoms with Crippen molar-refractivity contribution < 1.29 is 14.1 Å². The number of amides is 2. The number of nitrogens with one attached hydrogen (secondary N) is 1. The number of urea groups is 1. The first-order valence-corrected chi connectivity index (χ1v) is 10.9. The van der Waals surface area contributed by atoms with Crippen LogP contribution >= 0.6 is 0 Å². The summed E-state index contributed by atoms with van der Waals surface area (Å²) in [5.41, 5.74) is 5.20. The maximum absolute atomic E-state index is 12.5. The number of ether oxygens (including phenoxy) is 1. The first kappa shape index (κ1) is 21.6. The van der Waals surface area contributed by atoms with Crippen LogP contribution in [0, 0.1) is 6.92 Å². The molecule has 7 heteroatoms. The van der Waals surface area contributed by atoms with E-state index in [4.69, 9.17) is 9.26 Å². The second-order valence-electron chi connectivity index (χ2n) is 7.97. The van der Waals surface area contributed by atoms with Gasteiger partial charge < -0.3 is 19.5 Å². The summed E-state index contributed by atoms with van der Waals surface area (Å²) in [5.74, 6) is 0.869. The zero-order valence-corrected chi connectivity index (χ0v) is 18.3. The molecular formula is C25H28N4O3. The number of nitrogens with zero attached hydrogens (tertiary/aromatic N) is 3. The SMILES string of the molecule is Cc1ccc(NC(=O)N2CCC(=Cc3cccc(OCCCc4cnoc4)c3)CC2)cn1. The number of pyridine rings is 1. The van der Waals surface area contributed by atoms with Crippen LogP contribution in [0.4, 0.5) is 10.5 Å². The van der Waals surface area contributed by atoms with Crippen LogP contribution in [0.1, 0.15) is 36.1 Å². The molecule has 3 heterocycles. The van der Waals surface area contributed by atoms with E-state index in [0.29, 0.717) is 19.7 Å². The van der Waals surface area contributed by atoms with Gasteiger partial charge >= 0.3 is 6.03 Å². The fourth-order valence-corrected chi connectivity index (χ4v) is 3.63. The van der Waals surface area contributed by atoms with Gasteiger partial charge in [0.25, 0.3) is 0 Å². The van der Waals surface area contributed by atoms with Gasteiger partial charge in [-0.2, -0.15) is 0 Å². The number of carbonyl (C=O) groups excluding carboxylic acids is 1. The van der Waals surface area contributed by atoms with Crippen molar-refractivity contribution in [1.29, 1.82) is 0 Å². The molecule has 166 valence electrons. The lowest BCUT2D eigenvalue weighted by Gasteiger charge is -2.28. The topological polar surface area (TPSA) is 80.5 Å². The Kier molecular flexibility index (Phi) is 7.17. The Balaban J connectivity index is 1.24. The number of hydrogen-bond acceptors (Lipinski definition) is 5. The molecule has 0 bridgehead atoms. The van der Waals surface area contributed by atoms with Gasteiger partial charge in [0.2, 0.25) is 0 Å². The number of benzene rings is 1. The molecule has 7 nitrogen and oxygen atoms in total. The van der Waals surface area contributed by atoms with Crippen LogP contribution in [0.5, 0.6) is 5.75 Å². The third-order valence-electron chi connectivity index (χ3n) is 5.45. The Morgan fingerprint density at radius 1 is 1.22 bits per heavy atom. The molecule has 1 saturated heterocycles. The molecule has 0 unspecified atom stereocenters. The van der Waals surface area contributed by atoms with Crippen molar-refractivity contribution in [2.45, 2.75) is 32.6 Å². The third kappa shape index (κ3) is 6.20. The average Bonchev–Trinajstić information content (AvgIpc) is 3.33. The van der Waals surface area contributed by atoms with E-state index < -0.39 is 0 Å². The monoisotopic (exact) mass is 432 g/mol. The molecule has 1 N–H and O–H groups in total. The predicted octanol–water partition coefficient (Wildman–Crippen LogP) is 5.10. The number of carbonyl (C=O) groups is 1. The molecule has 1 fully saturated rings. The Hall–Kier alpha value is -3.61. The Morgan fingerprint density at radius 2 is 2.09 bits per heavy atom. The Labute approximate surface area is 188 Å². The standard InChI is InChI=1S/C25H28N4O3/c1-19-7-8-23(17-26-19)28-25(30)29-11-9-20(10-12-29)14-21-4-2-6-24(15-21)31-13-3-5-22-16-27-32-18-22/h2,4,6-8,14-18H,3,5,9-13H2,1H3,(H,28,30). The van der Waals surface area contributed by atoms with Crippen LogP contribution in [0.3, 0.4) is 0 Å². The predicted molar refractivity (Wildman–Crippen MR) is 124 cm³/mol. The van der Waals surface area contributed by atoms with Crippen LogP contribution in [0.2, 0.25) is 0 Å². The smallest absolute Gasteiger partial charge is 0.321 e. The Bertz CT molecular complexity index is 1040. The molecule has 2 aromatic heterocycles. The Morgan fingerprint density at radius 3 is 2.84 bits per heavy atom. The maximum Gasteiger partial charge on any atom is 0.321 e. The summed E-state index contributed by atoms with van der Waals surface area (Å²) in [6.07, 6.45) is 10.8. The van der Waals surface area contributed by atoms with Crippen molar-refractivity contribution >= 4 is 17.8 Å². The van der Waals surface area contributed by atoms with Crippen molar-refractivity contribution in [2.24, 2.45) is 0 Å². The lowest BCUT2D eigenvalue weighted by Crippen LogP contribution is -2.39. The van der Waals surface area contributed by atoms with Gasteiger partial charge in [0, 0.05) is 24.3 Å². The number of hydrogen-bond donors (Lipinski definition) is 1. The van der Waals surface area contributed by atoms with E-state index in [1.807, 2.05) is 36.1 Å². The van der Waals surface area contributed by atoms with Crippen molar-refractivity contribution in [1.82, 2.24) is 15.0 Å². The number of aryl methyl sites for hydroxylation is 2. The molecule has 4 rings (SSSR count). The van der Waals surface area contributed by atoms with Crippen LogP contribution in [0.15, 0.2) is 65.2 Å². The van der Waals surface area contributed by atoms with Crippen molar-refractivity contribution in [3.05, 3.63) is 77.4 Å². The number of aromatic nitrogens is 2. The van der Waals surface area contributed by atoms with E-state index in [0.717, 1.165) is 53.9 Å². The maximum atomic E-state index is 12.5. The van der Waals surface area contributed by atoms with Gasteiger partial charge in [0.15, 0.2) is 0 Å². The largest absolute Gasteiger partial charge is 0.494 e. The molecule has 1 aromatic carbocycles. The fraction of sp³-hybridized carbons (Fsp3) is 0.320. The molecular weight excluding hydrogens is 404 g/mol. The highest BCUT2D eigenvalue weighted by Crippen LogP contribution is 2.22. The summed E-state index contributed by atoms with van der Waals surface area (Å²) in [7, 11) is 0. The van der Waals surface area contributed by atoms with Crippen molar-refractivity contribution in [3.8, 4) is 5.75 Å². The zero-order chi connectivity index (χ0) is 22.2. The molecule has 0 aliphatic carbocycles. The number of likely N-dealkylation sites (tertiary alicyclic amines) is 1. The minimum atomic E-state index is -0.0729. The lowest BCUT2D eigenvalue weighted by molar-refractivity contribution is 0.208. The molecule has 0 radical (unpaired) electrons. The second kappa shape index (κ2) is 10.6. The van der Waals surface area contributed by atoms with Crippen LogP contribution in [0.25, 0.3) is 6.08 Å². The summed E-state index contributed by atoms with van der Waals surface area (Å²) in [5, 5.41) is 6.64. The summed E-state index contributed by atoms with van der Waals surface area (Å²) >= 11 is 0. The van der Waals surface area contributed by atoms with Gasteiger partial charge in [-0.3, -0.25) is 4.98 Å². The molecule has 0 atom stereocenters. The van der Waals surface area contributed by atoms with E-state index >= 15 is 0 Å². The fourth-order valence-electron chi connectivity index (χ4n) is 3.63. The quantitative estimate of drug-likeness (QED) is 0.525. The molecule has 2 amide bonds. The highest BCUT2D eigenvalue weighted by atomic mass is 16.5. The van der Waals surface area contributed by atoms with Gasteiger partial charge in [0.05, 0.1) is 24.7 Å². The lowest BCUT2D eigenvalue weighted by atomic mass is 10.0. The van der Waals surface area contributed by atoms with Crippen molar-refractivity contribution in [2.75, 3.05) is 25.0 Å². The summed E-state index contributed by atoms with van der Waals surface area (Å²) in [4.78, 5) is 18.6. The summed E-state index contributed by atoms with van der Waals surface area (Å²) in [6.45, 7) is 3.98. The van der Waals surface area contributed by atoms with Gasteiger partial charge in [-0.05, 0) is 62.4 Å². The molecule has 1 aliphatic rings. The van der Waals surface area contributed by atoms with Gasteiger partial charge in [0.1, 0.15) is 12.0 Å². The van der Waals surface area contributed by atoms with Crippen LogP contribution in [-0.2, 0) is 6.42 Å².